The molecule has 1 aromatic rings. The molecule has 1 rings (SSSR count). The molecular formula is C11H9N. The van der Waals surface area contributed by atoms with Crippen molar-refractivity contribution >= 4 is 5.69 Å². The first-order valence-electron chi connectivity index (χ1n) is 3.61. The van der Waals surface area contributed by atoms with E-state index in [2.05, 4.69) is 23.1 Å². The van der Waals surface area contributed by atoms with Gasteiger partial charge in [0.05, 0.1) is 0 Å². The van der Waals surface area contributed by atoms with Crippen molar-refractivity contribution in [3.05, 3.63) is 29.8 Å². The van der Waals surface area contributed by atoms with E-state index in [1.807, 2.05) is 31.3 Å². The van der Waals surface area contributed by atoms with Gasteiger partial charge in [-0.1, -0.05) is 12.0 Å². The van der Waals surface area contributed by atoms with Crippen LogP contribution in [0.1, 0.15) is 5.56 Å². The van der Waals surface area contributed by atoms with Crippen LogP contribution in [0.15, 0.2) is 24.3 Å². The molecule has 1 nitrogen and oxygen atoms in total. The molecule has 1 heteroatoms. The van der Waals surface area contributed by atoms with E-state index in [1.54, 1.807) is 0 Å². The molecule has 0 saturated carbocycles. The summed E-state index contributed by atoms with van der Waals surface area (Å²) in [5.41, 5.74) is 1.97. The first-order valence-corrected chi connectivity index (χ1v) is 3.61. The first kappa shape index (κ1) is 8.24. The van der Waals surface area contributed by atoms with Crippen LogP contribution in [-0.2, 0) is 0 Å². The molecule has 1 aromatic carbocycles. The Balaban J connectivity index is 2.96. The highest BCUT2D eigenvalue weighted by atomic mass is 14.8. The summed E-state index contributed by atoms with van der Waals surface area (Å²) in [6.07, 6.45) is 5.01. The Kier molecular flexibility index (Phi) is 2.82. The minimum absolute atomic E-state index is 0.930. The van der Waals surface area contributed by atoms with Crippen LogP contribution in [0.2, 0.25) is 0 Å². The summed E-state index contributed by atoms with van der Waals surface area (Å²) in [4.78, 5) is 0. The number of nitrogens with one attached hydrogen (secondary N) is 1. The van der Waals surface area contributed by atoms with Gasteiger partial charge in [-0.05, 0) is 30.0 Å². The van der Waals surface area contributed by atoms with Crippen LogP contribution in [0.3, 0.4) is 0 Å². The van der Waals surface area contributed by atoms with E-state index in [9.17, 15) is 0 Å². The molecule has 0 amide bonds. The Morgan fingerprint density at radius 2 is 2.25 bits per heavy atom. The molecule has 0 unspecified atom stereocenters. The van der Waals surface area contributed by atoms with Gasteiger partial charge in [-0.15, -0.1) is 6.42 Å². The zero-order valence-electron chi connectivity index (χ0n) is 6.89. The van der Waals surface area contributed by atoms with Crippen LogP contribution in [0.25, 0.3) is 0 Å². The van der Waals surface area contributed by atoms with Gasteiger partial charge in [0, 0.05) is 18.3 Å². The highest BCUT2D eigenvalue weighted by molar-refractivity contribution is 5.50. The second-order valence-corrected chi connectivity index (χ2v) is 2.23. The van der Waals surface area contributed by atoms with Gasteiger partial charge in [0.25, 0.3) is 0 Å². The van der Waals surface area contributed by atoms with Gasteiger partial charge >= 0.3 is 0 Å². The molecule has 0 fully saturated rings. The number of terminal acetylenes is 1. The van der Waals surface area contributed by atoms with Gasteiger partial charge in [0.1, 0.15) is 0 Å². The fraction of sp³-hybridized carbons (Fsp3) is 0.0909. The summed E-state index contributed by atoms with van der Waals surface area (Å²) in [5, 5.41) is 3.02. The second-order valence-electron chi connectivity index (χ2n) is 2.23. The van der Waals surface area contributed by atoms with Gasteiger partial charge in [-0.25, -0.2) is 0 Å². The lowest BCUT2D eigenvalue weighted by Gasteiger charge is -1.98. The van der Waals surface area contributed by atoms with Gasteiger partial charge in [0.2, 0.25) is 0 Å². The van der Waals surface area contributed by atoms with Crippen molar-refractivity contribution in [3.8, 4) is 24.2 Å². The molecule has 0 radical (unpaired) electrons. The van der Waals surface area contributed by atoms with Crippen molar-refractivity contribution in [1.29, 1.82) is 0 Å². The van der Waals surface area contributed by atoms with Gasteiger partial charge < -0.3 is 5.32 Å². The van der Waals surface area contributed by atoms with Crippen molar-refractivity contribution in [2.75, 3.05) is 12.4 Å². The minimum Gasteiger partial charge on any atom is -0.388 e. The monoisotopic (exact) mass is 155 g/mol. The molecule has 0 aliphatic carbocycles. The molecule has 0 atom stereocenters. The van der Waals surface area contributed by atoms with Crippen LogP contribution in [0.4, 0.5) is 5.69 Å². The second kappa shape index (κ2) is 4.11. The highest BCUT2D eigenvalue weighted by Crippen LogP contribution is 2.07. The molecule has 0 aromatic heterocycles. The number of hydrogen-bond donors (Lipinski definition) is 1. The summed E-state index contributed by atoms with van der Waals surface area (Å²) in [6.45, 7) is 0. The molecule has 1 N–H and O–H groups in total. The smallest absolute Gasteiger partial charge is 0.0350 e. The van der Waals surface area contributed by atoms with E-state index in [0.717, 1.165) is 11.3 Å². The number of hydrogen-bond acceptors (Lipinski definition) is 1. The summed E-state index contributed by atoms with van der Waals surface area (Å²) in [6, 6.07) is 7.78. The predicted octanol–water partition coefficient (Wildman–Crippen LogP) is 1.71. The van der Waals surface area contributed by atoms with Crippen molar-refractivity contribution in [3.63, 3.8) is 0 Å². The maximum Gasteiger partial charge on any atom is 0.0350 e. The van der Waals surface area contributed by atoms with E-state index in [4.69, 9.17) is 6.42 Å². The number of benzene rings is 1. The van der Waals surface area contributed by atoms with Crippen LogP contribution >= 0.6 is 0 Å². The highest BCUT2D eigenvalue weighted by Gasteiger charge is 1.88. The normalized spacial score (nSPS) is 7.67. The van der Waals surface area contributed by atoms with E-state index in [-0.39, 0.29) is 0 Å². The maximum atomic E-state index is 5.01. The molecule has 0 aliphatic rings. The third-order valence-corrected chi connectivity index (χ3v) is 1.43. The van der Waals surface area contributed by atoms with E-state index in [1.165, 1.54) is 0 Å². The van der Waals surface area contributed by atoms with Crippen molar-refractivity contribution in [1.82, 2.24) is 0 Å². The Bertz CT molecular complexity index is 361. The fourth-order valence-corrected chi connectivity index (χ4v) is 0.861. The van der Waals surface area contributed by atoms with Crippen LogP contribution in [-0.4, -0.2) is 7.05 Å². The zero-order chi connectivity index (χ0) is 8.81. The van der Waals surface area contributed by atoms with Crippen molar-refractivity contribution in [2.45, 2.75) is 0 Å². The van der Waals surface area contributed by atoms with E-state index in [0.29, 0.717) is 0 Å². The topological polar surface area (TPSA) is 12.0 Å². The molecule has 0 spiro atoms. The summed E-state index contributed by atoms with van der Waals surface area (Å²) in [5.74, 6) is 7.68. The van der Waals surface area contributed by atoms with Gasteiger partial charge in [-0.2, -0.15) is 0 Å². The molecule has 0 saturated heterocycles. The Morgan fingerprint density at radius 1 is 1.42 bits per heavy atom. The van der Waals surface area contributed by atoms with Crippen molar-refractivity contribution < 1.29 is 0 Å². The number of rotatable bonds is 1. The third-order valence-electron chi connectivity index (χ3n) is 1.43. The predicted molar refractivity (Wildman–Crippen MR) is 51.7 cm³/mol. The minimum atomic E-state index is 0.930. The first-order chi connectivity index (χ1) is 5.86. The maximum absolute atomic E-state index is 5.01. The molecule has 58 valence electrons. The van der Waals surface area contributed by atoms with Gasteiger partial charge in [0.15, 0.2) is 0 Å². The van der Waals surface area contributed by atoms with Gasteiger partial charge in [-0.3, -0.25) is 0 Å². The van der Waals surface area contributed by atoms with E-state index < -0.39 is 0 Å². The fourth-order valence-electron chi connectivity index (χ4n) is 0.861. The summed E-state index contributed by atoms with van der Waals surface area (Å²) < 4.78 is 0. The standard InChI is InChI=1S/C11H9N/c1-3-4-6-10-7-5-8-11(9-10)12-2/h1,5,7-9,12H,2H3. The van der Waals surface area contributed by atoms with E-state index >= 15 is 0 Å². The molecule has 0 heterocycles. The third kappa shape index (κ3) is 2.08. The largest absolute Gasteiger partial charge is 0.388 e. The molecule has 0 aliphatic heterocycles. The van der Waals surface area contributed by atoms with Crippen LogP contribution < -0.4 is 5.32 Å². The molecule has 0 bridgehead atoms. The lowest BCUT2D eigenvalue weighted by atomic mass is 10.2. The zero-order valence-corrected chi connectivity index (χ0v) is 6.89. The summed E-state index contributed by atoms with van der Waals surface area (Å²) in [7, 11) is 1.87. The lowest BCUT2D eigenvalue weighted by molar-refractivity contribution is 1.50. The SMILES string of the molecule is C#CC#Cc1cccc(NC)c1. The Morgan fingerprint density at radius 3 is 2.92 bits per heavy atom. The quantitative estimate of drug-likeness (QED) is 0.609. The number of anilines is 1. The Labute approximate surface area is 72.8 Å². The van der Waals surface area contributed by atoms with Crippen LogP contribution in [0.5, 0.6) is 0 Å². The molecular weight excluding hydrogens is 146 g/mol. The Hall–Kier alpha value is -1.86. The summed E-state index contributed by atoms with van der Waals surface area (Å²) >= 11 is 0. The average Bonchev–Trinajstić information content (AvgIpc) is 2.15. The van der Waals surface area contributed by atoms with Crippen molar-refractivity contribution in [2.24, 2.45) is 0 Å². The lowest BCUT2D eigenvalue weighted by Crippen LogP contribution is -1.87. The van der Waals surface area contributed by atoms with Crippen LogP contribution in [0, 0.1) is 24.2 Å². The average molecular weight is 155 g/mol. The molecule has 12 heavy (non-hydrogen) atoms.